The Morgan fingerprint density at radius 2 is 1.79 bits per heavy atom. The van der Waals surface area contributed by atoms with Crippen LogP contribution in [0.15, 0.2) is 61.2 Å². The minimum absolute atomic E-state index is 0.0290. The minimum atomic E-state index is -0.551. The van der Waals surface area contributed by atoms with Crippen LogP contribution in [0.5, 0.6) is 0 Å². The van der Waals surface area contributed by atoms with Crippen molar-refractivity contribution in [2.24, 2.45) is 0 Å². The first-order chi connectivity index (χ1) is 11.6. The number of hydrogen-bond acceptors (Lipinski definition) is 4. The third-order valence-corrected chi connectivity index (χ3v) is 3.28. The summed E-state index contributed by atoms with van der Waals surface area (Å²) in [6, 6.07) is 13.0. The summed E-state index contributed by atoms with van der Waals surface area (Å²) in [5.74, 6) is -1.34. The van der Waals surface area contributed by atoms with Gasteiger partial charge in [-0.15, -0.1) is 0 Å². The van der Waals surface area contributed by atoms with Crippen molar-refractivity contribution in [3.05, 3.63) is 83.7 Å². The molecule has 0 heterocycles. The number of esters is 1. The molecule has 2 rings (SSSR count). The number of carbonyl (C=O) groups is 2. The van der Waals surface area contributed by atoms with Crippen molar-refractivity contribution in [1.29, 1.82) is 0 Å². The standard InChI is InChI=1S/C19H17FO4/c1-2-18(21)24-12-11-23-13-16-15(9-6-10-17(16)20)19(22)14-7-4-3-5-8-14/h2-10H,1,11-13H2. The summed E-state index contributed by atoms with van der Waals surface area (Å²) < 4.78 is 24.2. The van der Waals surface area contributed by atoms with Gasteiger partial charge in [-0.05, 0) is 6.07 Å². The van der Waals surface area contributed by atoms with E-state index in [1.54, 1.807) is 36.4 Å². The number of ether oxygens (including phenoxy) is 2. The molecule has 0 radical (unpaired) electrons. The number of halogens is 1. The van der Waals surface area contributed by atoms with Gasteiger partial charge in [0.2, 0.25) is 0 Å². The fourth-order valence-electron chi connectivity index (χ4n) is 2.10. The van der Waals surface area contributed by atoms with Crippen LogP contribution in [-0.4, -0.2) is 25.0 Å². The second-order valence-electron chi connectivity index (χ2n) is 4.89. The summed E-state index contributed by atoms with van der Waals surface area (Å²) in [7, 11) is 0. The van der Waals surface area contributed by atoms with Gasteiger partial charge in [0.25, 0.3) is 0 Å². The third-order valence-electron chi connectivity index (χ3n) is 3.28. The lowest BCUT2D eigenvalue weighted by Gasteiger charge is -2.11. The zero-order valence-corrected chi connectivity index (χ0v) is 13.0. The van der Waals surface area contributed by atoms with Gasteiger partial charge in [0, 0.05) is 22.8 Å². The first-order valence-corrected chi connectivity index (χ1v) is 7.37. The van der Waals surface area contributed by atoms with Gasteiger partial charge in [0.1, 0.15) is 12.4 Å². The summed E-state index contributed by atoms with van der Waals surface area (Å²) in [5, 5.41) is 0. The van der Waals surface area contributed by atoms with E-state index in [0.29, 0.717) is 5.56 Å². The highest BCUT2D eigenvalue weighted by molar-refractivity contribution is 6.09. The van der Waals surface area contributed by atoms with Crippen LogP contribution >= 0.6 is 0 Å². The predicted molar refractivity (Wildman–Crippen MR) is 87.1 cm³/mol. The average Bonchev–Trinajstić information content (AvgIpc) is 2.62. The second kappa shape index (κ2) is 8.74. The molecule has 0 fully saturated rings. The number of carbonyl (C=O) groups excluding carboxylic acids is 2. The molecule has 2 aromatic carbocycles. The van der Waals surface area contributed by atoms with Crippen LogP contribution in [0.3, 0.4) is 0 Å². The number of rotatable bonds is 8. The van der Waals surface area contributed by atoms with Crippen LogP contribution in [0, 0.1) is 5.82 Å². The van der Waals surface area contributed by atoms with Crippen molar-refractivity contribution in [1.82, 2.24) is 0 Å². The van der Waals surface area contributed by atoms with Crippen LogP contribution in [0.2, 0.25) is 0 Å². The lowest BCUT2D eigenvalue weighted by molar-refractivity contribution is -0.139. The first-order valence-electron chi connectivity index (χ1n) is 7.37. The Bertz CT molecular complexity index is 725. The molecule has 0 spiro atoms. The monoisotopic (exact) mass is 328 g/mol. The Hall–Kier alpha value is -2.79. The molecule has 0 aromatic heterocycles. The lowest BCUT2D eigenvalue weighted by atomic mass is 9.98. The molecular formula is C19H17FO4. The molecule has 2 aromatic rings. The van der Waals surface area contributed by atoms with E-state index in [9.17, 15) is 14.0 Å². The molecule has 0 amide bonds. The topological polar surface area (TPSA) is 52.6 Å². The van der Waals surface area contributed by atoms with E-state index in [-0.39, 0.29) is 36.7 Å². The van der Waals surface area contributed by atoms with E-state index in [1.807, 2.05) is 0 Å². The fourth-order valence-corrected chi connectivity index (χ4v) is 2.10. The summed E-state index contributed by atoms with van der Waals surface area (Å²) in [6.45, 7) is 3.30. The van der Waals surface area contributed by atoms with Gasteiger partial charge >= 0.3 is 5.97 Å². The maximum absolute atomic E-state index is 14.1. The Morgan fingerprint density at radius 3 is 2.50 bits per heavy atom. The van der Waals surface area contributed by atoms with E-state index in [0.717, 1.165) is 6.08 Å². The summed E-state index contributed by atoms with van der Waals surface area (Å²) >= 11 is 0. The van der Waals surface area contributed by atoms with E-state index in [2.05, 4.69) is 6.58 Å². The zero-order valence-electron chi connectivity index (χ0n) is 13.0. The highest BCUT2D eigenvalue weighted by Crippen LogP contribution is 2.19. The van der Waals surface area contributed by atoms with Crippen LogP contribution in [-0.2, 0) is 20.9 Å². The molecule has 0 aliphatic rings. The van der Waals surface area contributed by atoms with Crippen molar-refractivity contribution in [3.63, 3.8) is 0 Å². The van der Waals surface area contributed by atoms with Crippen molar-refractivity contribution in [2.75, 3.05) is 13.2 Å². The van der Waals surface area contributed by atoms with Gasteiger partial charge in [-0.25, -0.2) is 9.18 Å². The molecule has 5 heteroatoms. The van der Waals surface area contributed by atoms with Crippen LogP contribution in [0.1, 0.15) is 21.5 Å². The lowest BCUT2D eigenvalue weighted by Crippen LogP contribution is -2.12. The molecule has 0 saturated carbocycles. The quantitative estimate of drug-likeness (QED) is 0.323. The van der Waals surface area contributed by atoms with E-state index < -0.39 is 11.8 Å². The molecule has 0 bridgehead atoms. The SMILES string of the molecule is C=CC(=O)OCCOCc1c(F)cccc1C(=O)c1ccccc1. The number of benzene rings is 2. The van der Waals surface area contributed by atoms with Crippen LogP contribution < -0.4 is 0 Å². The van der Waals surface area contributed by atoms with Crippen molar-refractivity contribution >= 4 is 11.8 Å². The van der Waals surface area contributed by atoms with Crippen LogP contribution in [0.4, 0.5) is 4.39 Å². The highest BCUT2D eigenvalue weighted by atomic mass is 19.1. The third kappa shape index (κ3) is 4.60. The normalized spacial score (nSPS) is 10.2. The van der Waals surface area contributed by atoms with E-state index >= 15 is 0 Å². The van der Waals surface area contributed by atoms with Gasteiger partial charge in [-0.3, -0.25) is 4.79 Å². The fraction of sp³-hybridized carbons (Fsp3) is 0.158. The van der Waals surface area contributed by atoms with Crippen molar-refractivity contribution < 1.29 is 23.5 Å². The van der Waals surface area contributed by atoms with Crippen molar-refractivity contribution in [2.45, 2.75) is 6.61 Å². The first kappa shape index (κ1) is 17.6. The van der Waals surface area contributed by atoms with Gasteiger partial charge in [-0.1, -0.05) is 49.0 Å². The molecular weight excluding hydrogens is 311 g/mol. The molecule has 0 aliphatic heterocycles. The average molecular weight is 328 g/mol. The maximum Gasteiger partial charge on any atom is 0.330 e. The van der Waals surface area contributed by atoms with Crippen LogP contribution in [0.25, 0.3) is 0 Å². The molecule has 0 aliphatic carbocycles. The Labute approximate surface area is 139 Å². The molecule has 4 nitrogen and oxygen atoms in total. The molecule has 0 atom stereocenters. The Kier molecular flexibility index (Phi) is 6.40. The smallest absolute Gasteiger partial charge is 0.330 e. The van der Waals surface area contributed by atoms with Gasteiger partial charge in [0.15, 0.2) is 5.78 Å². The molecule has 0 unspecified atom stereocenters. The van der Waals surface area contributed by atoms with Crippen molar-refractivity contribution in [3.8, 4) is 0 Å². The molecule has 0 saturated heterocycles. The summed E-state index contributed by atoms with van der Waals surface area (Å²) in [5.41, 5.74) is 0.912. The summed E-state index contributed by atoms with van der Waals surface area (Å²) in [4.78, 5) is 23.4. The Balaban J connectivity index is 2.06. The van der Waals surface area contributed by atoms with E-state index in [4.69, 9.17) is 9.47 Å². The summed E-state index contributed by atoms with van der Waals surface area (Å²) in [6.07, 6.45) is 1.05. The maximum atomic E-state index is 14.1. The largest absolute Gasteiger partial charge is 0.460 e. The predicted octanol–water partition coefficient (Wildman–Crippen LogP) is 3.30. The molecule has 24 heavy (non-hydrogen) atoms. The van der Waals surface area contributed by atoms with Gasteiger partial charge in [-0.2, -0.15) is 0 Å². The van der Waals surface area contributed by atoms with Gasteiger partial charge < -0.3 is 9.47 Å². The second-order valence-corrected chi connectivity index (χ2v) is 4.89. The molecule has 124 valence electrons. The number of hydrogen-bond donors (Lipinski definition) is 0. The molecule has 0 N–H and O–H groups in total. The zero-order chi connectivity index (χ0) is 17.4. The highest BCUT2D eigenvalue weighted by Gasteiger charge is 2.16. The minimum Gasteiger partial charge on any atom is -0.460 e. The Morgan fingerprint density at radius 1 is 1.04 bits per heavy atom. The van der Waals surface area contributed by atoms with Gasteiger partial charge in [0.05, 0.1) is 13.2 Å². The number of ketones is 1. The van der Waals surface area contributed by atoms with E-state index in [1.165, 1.54) is 12.1 Å².